The fraction of sp³-hybridized carbons (Fsp3) is 0.250. The van der Waals surface area contributed by atoms with Gasteiger partial charge in [0.25, 0.3) is 0 Å². The summed E-state index contributed by atoms with van der Waals surface area (Å²) < 4.78 is 7.98. The number of anilines is 1. The molecule has 0 spiro atoms. The second-order valence-electron chi connectivity index (χ2n) is 9.95. The highest BCUT2D eigenvalue weighted by Crippen LogP contribution is 2.43. The van der Waals surface area contributed by atoms with Crippen LogP contribution < -0.4 is 10.2 Å². The Morgan fingerprint density at radius 3 is 1.95 bits per heavy atom. The zero-order valence-electron chi connectivity index (χ0n) is 21.9. The molecule has 1 aliphatic rings. The third-order valence-electron chi connectivity index (χ3n) is 7.90. The second kappa shape index (κ2) is 10.4. The van der Waals surface area contributed by atoms with Crippen molar-refractivity contribution < 1.29 is 4.74 Å². The summed E-state index contributed by atoms with van der Waals surface area (Å²) in [5.74, 6) is 0.931. The number of hydrogen-bond acceptors (Lipinski definition) is 5. The first kappa shape index (κ1) is 24.3. The number of nitrogens with one attached hydrogen (secondary N) is 1. The van der Waals surface area contributed by atoms with Gasteiger partial charge >= 0.3 is 0 Å². The van der Waals surface area contributed by atoms with Crippen molar-refractivity contribution in [1.29, 1.82) is 0 Å². The number of fused-ring (bicyclic) bond motifs is 1. The van der Waals surface area contributed by atoms with E-state index in [2.05, 4.69) is 125 Å². The molecule has 1 fully saturated rings. The molecule has 0 bridgehead atoms. The number of likely N-dealkylation sites (N-methyl/N-ethyl adjacent to an activating group) is 1. The minimum Gasteiger partial charge on any atom is -0.380 e. The average Bonchev–Trinajstić information content (AvgIpc) is 3.44. The van der Waals surface area contributed by atoms with Crippen molar-refractivity contribution in [2.45, 2.75) is 24.1 Å². The maximum atomic E-state index is 5.66. The summed E-state index contributed by atoms with van der Waals surface area (Å²) in [5, 5.41) is 4.54. The Balaban J connectivity index is 1.58. The van der Waals surface area contributed by atoms with Crippen molar-refractivity contribution in [3.63, 3.8) is 0 Å². The van der Waals surface area contributed by atoms with Gasteiger partial charge in [-0.05, 0) is 29.2 Å². The van der Waals surface area contributed by atoms with Crippen LogP contribution in [0.25, 0.3) is 11.0 Å². The van der Waals surface area contributed by atoms with Crippen LogP contribution in [0, 0.1) is 0 Å². The third kappa shape index (κ3) is 4.06. The number of nitrogens with zero attached hydrogens (tertiary/aromatic N) is 4. The molecule has 6 nitrogen and oxygen atoms in total. The van der Waals surface area contributed by atoms with Crippen LogP contribution in [0.5, 0.6) is 0 Å². The van der Waals surface area contributed by atoms with E-state index in [1.807, 2.05) is 0 Å². The Bertz CT molecular complexity index is 1390. The predicted molar refractivity (Wildman–Crippen MR) is 153 cm³/mol. The standard InChI is InChI=1S/C32H33N5O/c1-36(27-20-28(38-2)22-33-21-27)30-29-18-19-37(31(29)35-23-34-30)32(24-12-6-3-7-13-24,25-14-8-4-9-15-25)26-16-10-5-11-17-26/h3-19,23,27-28,33H,20-22H2,1-2H3/t27-,28-/m1/s1. The molecule has 0 saturated carbocycles. The van der Waals surface area contributed by atoms with Crippen molar-refractivity contribution in [3.05, 3.63) is 126 Å². The largest absolute Gasteiger partial charge is 0.380 e. The van der Waals surface area contributed by atoms with Gasteiger partial charge in [0, 0.05) is 39.5 Å². The van der Waals surface area contributed by atoms with Crippen LogP contribution in [-0.2, 0) is 10.3 Å². The van der Waals surface area contributed by atoms with Gasteiger partial charge in [0.05, 0.1) is 11.5 Å². The first-order valence-electron chi connectivity index (χ1n) is 13.2. The number of benzene rings is 3. The summed E-state index contributed by atoms with van der Waals surface area (Å²) in [5.41, 5.74) is 3.78. The van der Waals surface area contributed by atoms with Gasteiger partial charge in [0.2, 0.25) is 0 Å². The molecule has 192 valence electrons. The van der Waals surface area contributed by atoms with E-state index >= 15 is 0 Å². The SMILES string of the molecule is CO[C@H]1CNC[C@H](N(C)c2ncnc3c2ccn3C(c2ccccc2)(c2ccccc2)c2ccccc2)C1. The summed E-state index contributed by atoms with van der Waals surface area (Å²) in [6.07, 6.45) is 5.01. The van der Waals surface area contributed by atoms with E-state index < -0.39 is 5.54 Å². The van der Waals surface area contributed by atoms with E-state index in [9.17, 15) is 0 Å². The highest BCUT2D eigenvalue weighted by molar-refractivity contribution is 5.88. The molecule has 1 aliphatic heterocycles. The summed E-state index contributed by atoms with van der Waals surface area (Å²) in [6.45, 7) is 1.77. The van der Waals surface area contributed by atoms with Gasteiger partial charge in [-0.3, -0.25) is 0 Å². The van der Waals surface area contributed by atoms with Gasteiger partial charge in [0.1, 0.15) is 23.3 Å². The van der Waals surface area contributed by atoms with Crippen LogP contribution in [0.15, 0.2) is 110 Å². The minimum absolute atomic E-state index is 0.194. The molecule has 2 aromatic heterocycles. The molecule has 6 rings (SSSR count). The lowest BCUT2D eigenvalue weighted by atomic mass is 9.76. The molecule has 0 radical (unpaired) electrons. The average molecular weight is 504 g/mol. The normalized spacial score (nSPS) is 17.9. The Kier molecular flexibility index (Phi) is 6.66. The lowest BCUT2D eigenvalue weighted by Crippen LogP contribution is -2.50. The molecule has 6 heteroatoms. The van der Waals surface area contributed by atoms with Gasteiger partial charge < -0.3 is 19.5 Å². The summed E-state index contributed by atoms with van der Waals surface area (Å²) in [4.78, 5) is 11.9. The molecule has 1 saturated heterocycles. The highest BCUT2D eigenvalue weighted by Gasteiger charge is 2.39. The van der Waals surface area contributed by atoms with Gasteiger partial charge in [-0.1, -0.05) is 91.0 Å². The van der Waals surface area contributed by atoms with Crippen LogP contribution in [0.2, 0.25) is 0 Å². The predicted octanol–water partition coefficient (Wildman–Crippen LogP) is 5.08. The maximum Gasteiger partial charge on any atom is 0.146 e. The number of hydrogen-bond donors (Lipinski definition) is 1. The molecule has 3 aromatic carbocycles. The molecular weight excluding hydrogens is 470 g/mol. The molecule has 3 heterocycles. The molecule has 0 aliphatic carbocycles. The number of methoxy groups -OCH3 is 1. The summed E-state index contributed by atoms with van der Waals surface area (Å²) in [7, 11) is 3.91. The Labute approximate surface area is 223 Å². The Morgan fingerprint density at radius 1 is 0.816 bits per heavy atom. The van der Waals surface area contributed by atoms with Crippen molar-refractivity contribution in [3.8, 4) is 0 Å². The first-order chi connectivity index (χ1) is 18.7. The summed E-state index contributed by atoms with van der Waals surface area (Å²) in [6, 6.07) is 34.5. The van der Waals surface area contributed by atoms with Gasteiger partial charge in [-0.2, -0.15) is 0 Å². The number of rotatable bonds is 7. The fourth-order valence-electron chi connectivity index (χ4n) is 5.97. The molecule has 0 unspecified atom stereocenters. The second-order valence-corrected chi connectivity index (χ2v) is 9.95. The van der Waals surface area contributed by atoms with Crippen LogP contribution in [0.4, 0.5) is 5.82 Å². The fourth-order valence-corrected chi connectivity index (χ4v) is 5.97. The number of ether oxygens (including phenoxy) is 1. The van der Waals surface area contributed by atoms with Crippen molar-refractivity contribution >= 4 is 16.9 Å². The number of aromatic nitrogens is 3. The van der Waals surface area contributed by atoms with E-state index in [1.165, 1.54) is 16.7 Å². The monoisotopic (exact) mass is 503 g/mol. The molecule has 5 aromatic rings. The van der Waals surface area contributed by atoms with Gasteiger partial charge in [0.15, 0.2) is 0 Å². The Morgan fingerprint density at radius 2 is 1.39 bits per heavy atom. The zero-order chi connectivity index (χ0) is 26.0. The van der Waals surface area contributed by atoms with E-state index in [0.29, 0.717) is 0 Å². The summed E-state index contributed by atoms with van der Waals surface area (Å²) >= 11 is 0. The smallest absolute Gasteiger partial charge is 0.146 e. The van der Waals surface area contributed by atoms with E-state index in [1.54, 1.807) is 13.4 Å². The number of piperidine rings is 1. The van der Waals surface area contributed by atoms with Crippen molar-refractivity contribution in [1.82, 2.24) is 19.9 Å². The van der Waals surface area contributed by atoms with Gasteiger partial charge in [-0.25, -0.2) is 9.97 Å². The van der Waals surface area contributed by atoms with E-state index in [4.69, 9.17) is 14.7 Å². The Hall–Kier alpha value is -4.00. The van der Waals surface area contributed by atoms with Crippen LogP contribution in [0.3, 0.4) is 0 Å². The lowest BCUT2D eigenvalue weighted by Gasteiger charge is -2.38. The third-order valence-corrected chi connectivity index (χ3v) is 7.90. The molecule has 38 heavy (non-hydrogen) atoms. The molecule has 1 N–H and O–H groups in total. The van der Waals surface area contributed by atoms with Crippen LogP contribution >= 0.6 is 0 Å². The van der Waals surface area contributed by atoms with Crippen LogP contribution in [-0.4, -0.2) is 53.9 Å². The van der Waals surface area contributed by atoms with Crippen molar-refractivity contribution in [2.75, 3.05) is 32.1 Å². The minimum atomic E-state index is -0.622. The van der Waals surface area contributed by atoms with E-state index in [-0.39, 0.29) is 12.1 Å². The highest BCUT2D eigenvalue weighted by atomic mass is 16.5. The van der Waals surface area contributed by atoms with Crippen molar-refractivity contribution in [2.24, 2.45) is 0 Å². The molecule has 0 amide bonds. The lowest BCUT2D eigenvalue weighted by molar-refractivity contribution is 0.0739. The van der Waals surface area contributed by atoms with Crippen LogP contribution in [0.1, 0.15) is 23.1 Å². The van der Waals surface area contributed by atoms with Gasteiger partial charge in [-0.15, -0.1) is 0 Å². The zero-order valence-corrected chi connectivity index (χ0v) is 21.9. The molecule has 2 atom stereocenters. The quantitative estimate of drug-likeness (QED) is 0.314. The van der Waals surface area contributed by atoms with E-state index in [0.717, 1.165) is 36.4 Å². The maximum absolute atomic E-state index is 5.66. The topological polar surface area (TPSA) is 55.2 Å². The first-order valence-corrected chi connectivity index (χ1v) is 13.2. The molecular formula is C32H33N5O.